The van der Waals surface area contributed by atoms with Crippen LogP contribution in [0.2, 0.25) is 0 Å². The van der Waals surface area contributed by atoms with Crippen molar-refractivity contribution in [2.24, 2.45) is 5.92 Å². The van der Waals surface area contributed by atoms with E-state index in [1.165, 1.54) is 10.9 Å². The molecule has 0 spiro atoms. The van der Waals surface area contributed by atoms with Crippen molar-refractivity contribution < 1.29 is 14.3 Å². The van der Waals surface area contributed by atoms with Gasteiger partial charge in [-0.15, -0.1) is 0 Å². The van der Waals surface area contributed by atoms with Crippen molar-refractivity contribution in [2.75, 3.05) is 40.0 Å². The molecule has 0 saturated carbocycles. The van der Waals surface area contributed by atoms with Crippen molar-refractivity contribution in [3.8, 4) is 0 Å². The monoisotopic (exact) mass is 469 g/mol. The van der Waals surface area contributed by atoms with Crippen molar-refractivity contribution >= 4 is 17.1 Å². The number of hydrogen-bond donors (Lipinski definition) is 0. The van der Waals surface area contributed by atoms with Gasteiger partial charge in [0.1, 0.15) is 6.54 Å². The number of fused-ring (bicyclic) bond motifs is 1. The summed E-state index contributed by atoms with van der Waals surface area (Å²) in [4.78, 5) is 46.2. The summed E-state index contributed by atoms with van der Waals surface area (Å²) < 4.78 is 14.8. The fourth-order valence-corrected chi connectivity index (χ4v) is 4.33. The summed E-state index contributed by atoms with van der Waals surface area (Å²) in [5, 5.41) is 0. The lowest BCUT2D eigenvalue weighted by molar-refractivity contribution is -0.132. The molecule has 1 fully saturated rings. The minimum absolute atomic E-state index is 0.239. The summed E-state index contributed by atoms with van der Waals surface area (Å²) in [6.07, 6.45) is 2.44. The summed E-state index contributed by atoms with van der Waals surface area (Å²) in [7, 11) is 1.58. The predicted molar refractivity (Wildman–Crippen MR) is 127 cm³/mol. The second-order valence-corrected chi connectivity index (χ2v) is 8.51. The van der Waals surface area contributed by atoms with E-state index in [2.05, 4.69) is 4.98 Å². The third kappa shape index (κ3) is 4.97. The van der Waals surface area contributed by atoms with Crippen molar-refractivity contribution in [3.05, 3.63) is 63.1 Å². The lowest BCUT2D eigenvalue weighted by Crippen LogP contribution is -2.46. The number of imidazole rings is 1. The number of aromatic nitrogens is 4. The Morgan fingerprint density at radius 3 is 2.71 bits per heavy atom. The van der Waals surface area contributed by atoms with Gasteiger partial charge >= 0.3 is 5.69 Å². The van der Waals surface area contributed by atoms with Crippen molar-refractivity contribution in [3.63, 3.8) is 0 Å². The first kappa shape index (κ1) is 23.9. The van der Waals surface area contributed by atoms with Crippen molar-refractivity contribution in [1.82, 2.24) is 23.6 Å². The standard InChI is InChI=1S/C24H31N5O5/c1-3-26(13-19-9-11-34-16-19)20(30)15-29-23(31)21-22(25-17-27(21)10-12-33-2)28(24(29)32)14-18-7-5-4-6-8-18/h4-8,17,19H,3,9-16H2,1-2H3. The zero-order chi connectivity index (χ0) is 24.1. The molecular formula is C24H31N5O5. The summed E-state index contributed by atoms with van der Waals surface area (Å²) >= 11 is 0. The van der Waals surface area contributed by atoms with Gasteiger partial charge in [-0.3, -0.25) is 14.2 Å². The first-order valence-electron chi connectivity index (χ1n) is 11.6. The topological polar surface area (TPSA) is 101 Å². The van der Waals surface area contributed by atoms with Crippen LogP contribution in [-0.4, -0.2) is 69.5 Å². The molecule has 0 aliphatic carbocycles. The fourth-order valence-electron chi connectivity index (χ4n) is 4.33. The molecule has 1 aliphatic heterocycles. The first-order chi connectivity index (χ1) is 16.5. The van der Waals surface area contributed by atoms with Crippen LogP contribution in [-0.2, 0) is 33.9 Å². The smallest absolute Gasteiger partial charge is 0.333 e. The molecule has 10 heteroatoms. The third-order valence-corrected chi connectivity index (χ3v) is 6.23. The predicted octanol–water partition coefficient (Wildman–Crippen LogP) is 0.939. The molecule has 1 aromatic carbocycles. The van der Waals surface area contributed by atoms with E-state index in [-0.39, 0.29) is 30.4 Å². The van der Waals surface area contributed by atoms with Gasteiger partial charge in [0.2, 0.25) is 5.91 Å². The van der Waals surface area contributed by atoms with Gasteiger partial charge in [0.25, 0.3) is 5.56 Å². The highest BCUT2D eigenvalue weighted by atomic mass is 16.5. The minimum atomic E-state index is -0.549. The molecule has 0 radical (unpaired) electrons. The van der Waals surface area contributed by atoms with Crippen LogP contribution >= 0.6 is 0 Å². The molecule has 1 amide bonds. The van der Waals surface area contributed by atoms with Gasteiger partial charge < -0.3 is 18.9 Å². The highest BCUT2D eigenvalue weighted by molar-refractivity contribution is 5.77. The molecule has 34 heavy (non-hydrogen) atoms. The lowest BCUT2D eigenvalue weighted by atomic mass is 10.1. The van der Waals surface area contributed by atoms with E-state index in [1.807, 2.05) is 37.3 Å². The number of carbonyl (C=O) groups excluding carboxylic acids is 1. The second kappa shape index (κ2) is 10.8. The molecular weight excluding hydrogens is 438 g/mol. The van der Waals surface area contributed by atoms with E-state index in [9.17, 15) is 14.4 Å². The lowest BCUT2D eigenvalue weighted by Gasteiger charge is -2.24. The normalized spacial score (nSPS) is 15.8. The number of benzene rings is 1. The zero-order valence-electron chi connectivity index (χ0n) is 19.7. The van der Waals surface area contributed by atoms with Crippen molar-refractivity contribution in [1.29, 1.82) is 0 Å². The molecule has 0 bridgehead atoms. The first-order valence-corrected chi connectivity index (χ1v) is 11.6. The molecule has 10 nitrogen and oxygen atoms in total. The number of carbonyl (C=O) groups is 1. The summed E-state index contributed by atoms with van der Waals surface area (Å²) in [5.41, 5.74) is 0.408. The molecule has 3 heterocycles. The molecule has 182 valence electrons. The second-order valence-electron chi connectivity index (χ2n) is 8.51. The maximum Gasteiger partial charge on any atom is 0.333 e. The summed E-state index contributed by atoms with van der Waals surface area (Å²) in [6, 6.07) is 9.49. The van der Waals surface area contributed by atoms with Crippen LogP contribution in [0.15, 0.2) is 46.2 Å². The van der Waals surface area contributed by atoms with E-state index in [1.54, 1.807) is 16.6 Å². The van der Waals surface area contributed by atoms with E-state index in [0.29, 0.717) is 45.1 Å². The third-order valence-electron chi connectivity index (χ3n) is 6.23. The highest BCUT2D eigenvalue weighted by Crippen LogP contribution is 2.14. The van der Waals surface area contributed by atoms with Crippen molar-refractivity contribution in [2.45, 2.75) is 33.0 Å². The van der Waals surface area contributed by atoms with Crippen LogP contribution in [0, 0.1) is 5.92 Å². The van der Waals surface area contributed by atoms with Crippen LogP contribution in [0.3, 0.4) is 0 Å². The molecule has 0 N–H and O–H groups in total. The zero-order valence-corrected chi connectivity index (χ0v) is 19.7. The average Bonchev–Trinajstić information content (AvgIpc) is 3.52. The summed E-state index contributed by atoms with van der Waals surface area (Å²) in [6.45, 7) is 4.97. The molecule has 1 atom stereocenters. The fraction of sp³-hybridized carbons (Fsp3) is 0.500. The van der Waals surface area contributed by atoms with Gasteiger partial charge in [0, 0.05) is 39.3 Å². The van der Waals surface area contributed by atoms with E-state index >= 15 is 0 Å². The van der Waals surface area contributed by atoms with Crippen LogP contribution in [0.25, 0.3) is 11.2 Å². The quantitative estimate of drug-likeness (QED) is 0.438. The molecule has 2 aromatic heterocycles. The highest BCUT2D eigenvalue weighted by Gasteiger charge is 2.24. The SMILES string of the molecule is CCN(CC1CCOC1)C(=O)Cn1c(=O)c2c(ncn2CCOC)n(Cc2ccccc2)c1=O. The number of likely N-dealkylation sites (N-methyl/N-ethyl adjacent to an activating group) is 1. The maximum atomic E-state index is 13.5. The van der Waals surface area contributed by atoms with Crippen LogP contribution < -0.4 is 11.2 Å². The number of rotatable bonds is 10. The van der Waals surface area contributed by atoms with E-state index < -0.39 is 11.2 Å². The Morgan fingerprint density at radius 2 is 2.03 bits per heavy atom. The Bertz CT molecular complexity index is 1240. The Balaban J connectivity index is 1.74. The number of ether oxygens (including phenoxy) is 2. The Labute approximate surface area is 197 Å². The van der Waals surface area contributed by atoms with Crippen LogP contribution in [0.5, 0.6) is 0 Å². The number of amides is 1. The number of nitrogens with zero attached hydrogens (tertiary/aromatic N) is 5. The number of methoxy groups -OCH3 is 1. The minimum Gasteiger partial charge on any atom is -0.383 e. The molecule has 4 rings (SSSR count). The van der Waals surface area contributed by atoms with E-state index in [4.69, 9.17) is 9.47 Å². The van der Waals surface area contributed by atoms with Gasteiger partial charge in [0.05, 0.1) is 26.1 Å². The van der Waals surface area contributed by atoms with Gasteiger partial charge in [-0.05, 0) is 18.9 Å². The summed E-state index contributed by atoms with van der Waals surface area (Å²) in [5.74, 6) is 0.00971. The maximum absolute atomic E-state index is 13.5. The van der Waals surface area contributed by atoms with Crippen LogP contribution in [0.1, 0.15) is 18.9 Å². The molecule has 1 aliphatic rings. The van der Waals surface area contributed by atoms with Gasteiger partial charge in [0.15, 0.2) is 11.2 Å². The molecule has 3 aromatic rings. The Kier molecular flexibility index (Phi) is 7.59. The van der Waals surface area contributed by atoms with E-state index in [0.717, 1.165) is 16.6 Å². The van der Waals surface area contributed by atoms with Crippen LogP contribution in [0.4, 0.5) is 0 Å². The largest absolute Gasteiger partial charge is 0.383 e. The Hall–Kier alpha value is -3.24. The number of hydrogen-bond acceptors (Lipinski definition) is 6. The van der Waals surface area contributed by atoms with Gasteiger partial charge in [-0.1, -0.05) is 30.3 Å². The Morgan fingerprint density at radius 1 is 1.24 bits per heavy atom. The van der Waals surface area contributed by atoms with Gasteiger partial charge in [-0.2, -0.15) is 0 Å². The average molecular weight is 470 g/mol. The molecule has 1 unspecified atom stereocenters. The van der Waals surface area contributed by atoms with Gasteiger partial charge in [-0.25, -0.2) is 14.3 Å². The molecule has 1 saturated heterocycles.